The van der Waals surface area contributed by atoms with E-state index in [2.05, 4.69) is 34.9 Å². The van der Waals surface area contributed by atoms with E-state index in [4.69, 9.17) is 0 Å². The summed E-state index contributed by atoms with van der Waals surface area (Å²) in [4.78, 5) is 16.5. The van der Waals surface area contributed by atoms with Gasteiger partial charge in [-0.1, -0.05) is 0 Å². The van der Waals surface area contributed by atoms with Gasteiger partial charge in [-0.25, -0.2) is 22.5 Å². The first-order valence-corrected chi connectivity index (χ1v) is 13.2. The van der Waals surface area contributed by atoms with Gasteiger partial charge in [0.15, 0.2) is 5.65 Å². The minimum absolute atomic E-state index is 0.0229. The highest BCUT2D eigenvalue weighted by Crippen LogP contribution is 2.34. The van der Waals surface area contributed by atoms with E-state index < -0.39 is 15.8 Å². The number of benzene rings is 1. The monoisotopic (exact) mass is 513 g/mol. The smallest absolute Gasteiger partial charge is 0.209 e. The lowest BCUT2D eigenvalue weighted by atomic mass is 10.0. The molecule has 11 heteroatoms. The van der Waals surface area contributed by atoms with Crippen LogP contribution in [0.5, 0.6) is 0 Å². The van der Waals surface area contributed by atoms with E-state index in [1.54, 1.807) is 30.9 Å². The van der Waals surface area contributed by atoms with E-state index in [1.165, 1.54) is 12.1 Å². The Balaban J connectivity index is 1.44. The van der Waals surface area contributed by atoms with Gasteiger partial charge in [-0.3, -0.25) is 15.1 Å². The molecular weight excluding hydrogens is 493 g/mol. The molecule has 0 fully saturated rings. The van der Waals surface area contributed by atoms with Crippen LogP contribution in [0.25, 0.3) is 55.7 Å². The molecule has 0 unspecified atom stereocenters. The molecule has 0 radical (unpaired) electrons. The number of aromatic amines is 2. The summed E-state index contributed by atoms with van der Waals surface area (Å²) in [5, 5.41) is 9.06. The number of nitrogens with zero attached hydrogens (tertiary/aromatic N) is 4. The standard InChI is InChI=1S/C26H20FN7O2S/c1-37(35,36)31-13-15-8-17(10-19(27)9-15)24-20-12-23(32-22(20)4-7-29-24)25-21-11-18(14-30-26(21)34-33-25)16-2-5-28-6-3-16/h2-12,14,31-32H,13H2,1H3,(H,30,33,34). The van der Waals surface area contributed by atoms with Gasteiger partial charge in [0.05, 0.1) is 23.3 Å². The van der Waals surface area contributed by atoms with Crippen molar-refractivity contribution in [1.29, 1.82) is 0 Å². The van der Waals surface area contributed by atoms with E-state index in [1.807, 2.05) is 30.3 Å². The minimum atomic E-state index is -3.42. The Labute approximate surface area is 210 Å². The normalized spacial score (nSPS) is 11.9. The molecule has 3 N–H and O–H groups in total. The van der Waals surface area contributed by atoms with Crippen molar-refractivity contribution in [3.05, 3.63) is 84.7 Å². The third-order valence-electron chi connectivity index (χ3n) is 6.01. The summed E-state index contributed by atoms with van der Waals surface area (Å²) in [6.45, 7) is -0.0229. The second-order valence-electron chi connectivity index (χ2n) is 8.67. The van der Waals surface area contributed by atoms with Crippen molar-refractivity contribution in [2.24, 2.45) is 0 Å². The quantitative estimate of drug-likeness (QED) is 0.302. The third kappa shape index (κ3) is 4.57. The van der Waals surface area contributed by atoms with Crippen molar-refractivity contribution < 1.29 is 12.8 Å². The Morgan fingerprint density at radius 3 is 2.57 bits per heavy atom. The predicted octanol–water partition coefficient (Wildman–Crippen LogP) is 4.42. The first-order chi connectivity index (χ1) is 17.8. The maximum atomic E-state index is 14.5. The summed E-state index contributed by atoms with van der Waals surface area (Å²) in [7, 11) is -3.42. The van der Waals surface area contributed by atoms with Crippen molar-refractivity contribution in [3.8, 4) is 33.8 Å². The molecule has 184 valence electrons. The molecule has 1 aromatic carbocycles. The zero-order chi connectivity index (χ0) is 25.6. The summed E-state index contributed by atoms with van der Waals surface area (Å²) >= 11 is 0. The van der Waals surface area contributed by atoms with Crippen molar-refractivity contribution in [3.63, 3.8) is 0 Å². The van der Waals surface area contributed by atoms with Crippen LogP contribution in [0.15, 0.2) is 73.3 Å². The van der Waals surface area contributed by atoms with Crippen LogP contribution >= 0.6 is 0 Å². The lowest BCUT2D eigenvalue weighted by Crippen LogP contribution is -2.21. The topological polar surface area (TPSA) is 129 Å². The molecule has 5 aromatic heterocycles. The molecule has 0 saturated heterocycles. The molecule has 6 rings (SSSR count). The van der Waals surface area contributed by atoms with Gasteiger partial charge in [0.25, 0.3) is 0 Å². The van der Waals surface area contributed by atoms with Crippen LogP contribution in [0.1, 0.15) is 5.56 Å². The van der Waals surface area contributed by atoms with Crippen molar-refractivity contribution in [1.82, 2.24) is 34.9 Å². The van der Waals surface area contributed by atoms with Crippen LogP contribution in [0.2, 0.25) is 0 Å². The minimum Gasteiger partial charge on any atom is -0.353 e. The SMILES string of the molecule is CS(=O)(=O)NCc1cc(F)cc(-c2nccc3[nH]c(-c4[nH]nc5ncc(-c6ccncc6)cc45)cc23)c1. The fourth-order valence-corrected chi connectivity index (χ4v) is 4.76. The number of hydrogen-bond donors (Lipinski definition) is 3. The van der Waals surface area contributed by atoms with Crippen LogP contribution in [0.3, 0.4) is 0 Å². The second-order valence-corrected chi connectivity index (χ2v) is 10.5. The Hall–Kier alpha value is -4.48. The van der Waals surface area contributed by atoms with E-state index in [-0.39, 0.29) is 6.54 Å². The highest BCUT2D eigenvalue weighted by atomic mass is 32.2. The lowest BCUT2D eigenvalue weighted by Gasteiger charge is -2.08. The highest BCUT2D eigenvalue weighted by Gasteiger charge is 2.16. The number of halogens is 1. The summed E-state index contributed by atoms with van der Waals surface area (Å²) < 4.78 is 39.9. The van der Waals surface area contributed by atoms with Gasteiger partial charge in [0, 0.05) is 58.7 Å². The molecule has 6 aromatic rings. The summed E-state index contributed by atoms with van der Waals surface area (Å²) in [5.74, 6) is -0.480. The fourth-order valence-electron chi connectivity index (χ4n) is 4.33. The molecule has 0 bridgehead atoms. The maximum absolute atomic E-state index is 14.5. The largest absolute Gasteiger partial charge is 0.353 e. The van der Waals surface area contributed by atoms with Gasteiger partial charge in [0.2, 0.25) is 10.0 Å². The van der Waals surface area contributed by atoms with E-state index in [0.717, 1.165) is 45.1 Å². The Kier molecular flexibility index (Phi) is 5.50. The van der Waals surface area contributed by atoms with Crippen molar-refractivity contribution in [2.45, 2.75) is 6.54 Å². The molecule has 0 saturated carbocycles. The van der Waals surface area contributed by atoms with Gasteiger partial charge in [0.1, 0.15) is 5.82 Å². The van der Waals surface area contributed by atoms with Crippen LogP contribution in [-0.4, -0.2) is 44.8 Å². The number of nitrogens with one attached hydrogen (secondary N) is 3. The summed E-state index contributed by atoms with van der Waals surface area (Å²) in [5.41, 5.74) is 6.45. The number of aromatic nitrogens is 6. The van der Waals surface area contributed by atoms with Gasteiger partial charge in [-0.15, -0.1) is 0 Å². The average Bonchev–Trinajstić information content (AvgIpc) is 3.51. The molecular formula is C26H20FN7O2S. The second kappa shape index (κ2) is 8.87. The zero-order valence-corrected chi connectivity index (χ0v) is 20.3. The predicted molar refractivity (Wildman–Crippen MR) is 139 cm³/mol. The zero-order valence-electron chi connectivity index (χ0n) is 19.5. The van der Waals surface area contributed by atoms with Crippen LogP contribution < -0.4 is 4.72 Å². The summed E-state index contributed by atoms with van der Waals surface area (Å²) in [6.07, 6.45) is 7.95. The van der Waals surface area contributed by atoms with E-state index >= 15 is 0 Å². The van der Waals surface area contributed by atoms with Gasteiger partial charge in [-0.05, 0) is 59.7 Å². The Bertz CT molecular complexity index is 1880. The number of pyridine rings is 3. The first kappa shape index (κ1) is 23.0. The fraction of sp³-hybridized carbons (Fsp3) is 0.0769. The van der Waals surface area contributed by atoms with Gasteiger partial charge >= 0.3 is 0 Å². The lowest BCUT2D eigenvalue weighted by molar-refractivity contribution is 0.586. The van der Waals surface area contributed by atoms with Crippen LogP contribution in [0, 0.1) is 5.82 Å². The molecule has 0 aliphatic rings. The van der Waals surface area contributed by atoms with Gasteiger partial charge < -0.3 is 4.98 Å². The first-order valence-electron chi connectivity index (χ1n) is 11.3. The van der Waals surface area contributed by atoms with Crippen LogP contribution in [0.4, 0.5) is 4.39 Å². The molecule has 0 spiro atoms. The molecule has 5 heterocycles. The third-order valence-corrected chi connectivity index (χ3v) is 6.68. The van der Waals surface area contributed by atoms with Crippen molar-refractivity contribution in [2.75, 3.05) is 6.26 Å². The molecule has 0 amide bonds. The molecule has 37 heavy (non-hydrogen) atoms. The van der Waals surface area contributed by atoms with E-state index in [0.29, 0.717) is 22.5 Å². The number of H-pyrrole nitrogens is 2. The molecule has 0 aliphatic carbocycles. The van der Waals surface area contributed by atoms with Crippen molar-refractivity contribution >= 4 is 32.0 Å². The number of rotatable bonds is 6. The molecule has 9 nitrogen and oxygen atoms in total. The molecule has 0 aliphatic heterocycles. The summed E-state index contributed by atoms with van der Waals surface area (Å²) in [6, 6.07) is 14.0. The maximum Gasteiger partial charge on any atom is 0.209 e. The number of sulfonamides is 1. The van der Waals surface area contributed by atoms with Crippen LogP contribution in [-0.2, 0) is 16.6 Å². The average molecular weight is 514 g/mol. The Morgan fingerprint density at radius 2 is 1.76 bits per heavy atom. The van der Waals surface area contributed by atoms with E-state index in [9.17, 15) is 12.8 Å². The molecule has 0 atom stereocenters. The Morgan fingerprint density at radius 1 is 0.919 bits per heavy atom. The number of hydrogen-bond acceptors (Lipinski definition) is 6. The van der Waals surface area contributed by atoms with Gasteiger partial charge in [-0.2, -0.15) is 5.10 Å². The number of fused-ring (bicyclic) bond motifs is 2. The highest BCUT2D eigenvalue weighted by molar-refractivity contribution is 7.88.